The number of nitrogens with two attached hydrogens (primary N) is 1. The molecule has 9 nitrogen and oxygen atoms in total. The molecule has 0 aromatic heterocycles. The highest BCUT2D eigenvalue weighted by atomic mass is 31.2. The first-order chi connectivity index (χ1) is 38.8. The Morgan fingerprint density at radius 3 is 1.01 bits per heavy atom. The minimum atomic E-state index is -4.42. The number of esters is 2. The van der Waals surface area contributed by atoms with Crippen LogP contribution in [0.4, 0.5) is 0 Å². The number of carbonyl (C=O) groups is 2. The van der Waals surface area contributed by atoms with Crippen LogP contribution in [0, 0.1) is 0 Å². The second-order valence-electron chi connectivity index (χ2n) is 18.7. The molecule has 0 saturated heterocycles. The highest BCUT2D eigenvalue weighted by Gasteiger charge is 2.26. The minimum absolute atomic E-state index is 0.0320. The SMILES string of the molecule is CC/C=C\C/C=C\C/C=C\C/C=C\C/C=C\C/C=C\C/C=C\C/C=C\C/C=C\CCCCCCCCCC(=O)OC(COC(=O)CCC/C=C\C/C=C\C/C=C\C/C=C\C/C=C\C/C=C\C/C=C\CC)COP(=O)(O)OCCN. The number of allylic oxidation sites excluding steroid dienone is 32. The Morgan fingerprint density at radius 2 is 0.671 bits per heavy atom. The number of ether oxygens (including phenoxy) is 2. The lowest BCUT2D eigenvalue weighted by molar-refractivity contribution is -0.161. The van der Waals surface area contributed by atoms with Crippen LogP contribution >= 0.6 is 7.82 Å². The summed E-state index contributed by atoms with van der Waals surface area (Å²) in [5.41, 5.74) is 5.38. The van der Waals surface area contributed by atoms with E-state index in [2.05, 4.69) is 202 Å². The molecule has 0 amide bonds. The minimum Gasteiger partial charge on any atom is -0.462 e. The van der Waals surface area contributed by atoms with E-state index in [9.17, 15) is 19.0 Å². The summed E-state index contributed by atoms with van der Waals surface area (Å²) in [4.78, 5) is 35.2. The monoisotopic (exact) mass is 1110 g/mol. The molecular weight excluding hydrogens is 1000 g/mol. The lowest BCUT2D eigenvalue weighted by Gasteiger charge is -2.19. The summed E-state index contributed by atoms with van der Waals surface area (Å²) in [5, 5.41) is 0. The predicted octanol–water partition coefficient (Wildman–Crippen LogP) is 19.4. The lowest BCUT2D eigenvalue weighted by Crippen LogP contribution is -2.29. The van der Waals surface area contributed by atoms with Gasteiger partial charge in [-0.1, -0.05) is 240 Å². The normalized spacial score (nSPS) is 14.4. The van der Waals surface area contributed by atoms with Crippen molar-refractivity contribution in [3.8, 4) is 0 Å². The number of unbranched alkanes of at least 4 members (excludes halogenated alkanes) is 8. The van der Waals surface area contributed by atoms with Crippen LogP contribution in [-0.4, -0.2) is 49.3 Å². The van der Waals surface area contributed by atoms with Crippen molar-refractivity contribution in [2.24, 2.45) is 5.73 Å². The molecule has 440 valence electrons. The fraction of sp³-hybridized carbons (Fsp3) is 0.507. The summed E-state index contributed by atoms with van der Waals surface area (Å²) in [6, 6.07) is 0. The number of phosphoric acid groups is 1. The molecule has 2 atom stereocenters. The third kappa shape index (κ3) is 61.9. The van der Waals surface area contributed by atoms with E-state index in [-0.39, 0.29) is 32.6 Å². The molecule has 0 aliphatic carbocycles. The van der Waals surface area contributed by atoms with Crippen LogP contribution in [0.25, 0.3) is 0 Å². The van der Waals surface area contributed by atoms with Gasteiger partial charge in [-0.15, -0.1) is 0 Å². The second-order valence-corrected chi connectivity index (χ2v) is 20.2. The first kappa shape index (κ1) is 73.8. The molecule has 0 aliphatic heterocycles. The van der Waals surface area contributed by atoms with Crippen LogP contribution in [0.2, 0.25) is 0 Å². The summed E-state index contributed by atoms with van der Waals surface area (Å²) in [6.45, 7) is 3.40. The molecule has 0 aromatic carbocycles. The van der Waals surface area contributed by atoms with Crippen molar-refractivity contribution in [3.05, 3.63) is 194 Å². The Balaban J connectivity index is 4.15. The van der Waals surface area contributed by atoms with Gasteiger partial charge in [0.25, 0.3) is 0 Å². The van der Waals surface area contributed by atoms with Gasteiger partial charge in [0, 0.05) is 19.4 Å². The zero-order valence-corrected chi connectivity index (χ0v) is 49.9. The molecule has 0 radical (unpaired) electrons. The average Bonchev–Trinajstić information content (AvgIpc) is 3.44. The van der Waals surface area contributed by atoms with E-state index in [1.165, 1.54) is 12.8 Å². The van der Waals surface area contributed by atoms with Gasteiger partial charge in [0.05, 0.1) is 13.2 Å². The maximum Gasteiger partial charge on any atom is 0.472 e. The van der Waals surface area contributed by atoms with Crippen molar-refractivity contribution >= 4 is 19.8 Å². The maximum absolute atomic E-state index is 12.7. The van der Waals surface area contributed by atoms with Gasteiger partial charge in [-0.3, -0.25) is 18.6 Å². The molecule has 3 N–H and O–H groups in total. The van der Waals surface area contributed by atoms with Gasteiger partial charge in [-0.2, -0.15) is 0 Å². The molecule has 0 saturated carbocycles. The Hall–Kier alpha value is -5.15. The van der Waals surface area contributed by atoms with Crippen molar-refractivity contribution in [3.63, 3.8) is 0 Å². The van der Waals surface area contributed by atoms with Gasteiger partial charge in [0.15, 0.2) is 6.10 Å². The quantitative estimate of drug-likeness (QED) is 0.0264. The van der Waals surface area contributed by atoms with E-state index in [1.807, 2.05) is 6.08 Å². The van der Waals surface area contributed by atoms with Crippen LogP contribution in [0.1, 0.15) is 194 Å². The van der Waals surface area contributed by atoms with Gasteiger partial charge in [-0.25, -0.2) is 4.57 Å². The summed E-state index contributed by atoms with van der Waals surface area (Å²) >= 11 is 0. The zero-order valence-electron chi connectivity index (χ0n) is 49.0. The molecule has 0 aliphatic rings. The molecule has 0 aromatic rings. The number of hydrogen-bond donors (Lipinski definition) is 2. The standard InChI is InChI=1S/C69H106NO8P/c1-3-5-7-9-11-13-15-17-19-21-23-25-27-28-29-30-31-32-33-34-35-36-37-38-40-42-44-46-48-50-52-54-56-58-60-62-69(72)78-67(66-77-79(73,74)76-64-63-70)65-75-68(71)61-59-57-55-53-51-49-47-45-43-41-39-26-24-22-20-18-16-14-12-10-8-6-4-2/h5-8,11-14,17-20,23-26,28-29,31-32,34-35,37-38,41-44,47,49,53,55,67H,3-4,9-10,15-16,21-22,27,30,33,36,39-40,45-46,48,50-52,54,56-66,70H2,1-2H3,(H,73,74)/b7-5-,8-6-,13-11-,14-12-,19-17-,20-18-,25-23-,26-24-,29-28-,32-31-,35-34-,38-37-,43-41-,44-42-,49-47-,55-53-. The first-order valence-corrected chi connectivity index (χ1v) is 31.4. The van der Waals surface area contributed by atoms with E-state index in [1.54, 1.807) is 0 Å². The van der Waals surface area contributed by atoms with E-state index < -0.39 is 32.5 Å². The highest BCUT2D eigenvalue weighted by molar-refractivity contribution is 7.47. The van der Waals surface area contributed by atoms with Gasteiger partial charge >= 0.3 is 19.8 Å². The molecule has 79 heavy (non-hydrogen) atoms. The van der Waals surface area contributed by atoms with E-state index in [0.717, 1.165) is 135 Å². The second kappa shape index (κ2) is 62.1. The Labute approximate surface area is 481 Å². The van der Waals surface area contributed by atoms with Crippen LogP contribution in [0.3, 0.4) is 0 Å². The van der Waals surface area contributed by atoms with Gasteiger partial charge in [0.1, 0.15) is 6.61 Å². The molecule has 0 heterocycles. The zero-order chi connectivity index (χ0) is 57.3. The molecular formula is C69H106NO8P. The van der Waals surface area contributed by atoms with Gasteiger partial charge < -0.3 is 20.1 Å². The molecule has 0 bridgehead atoms. The van der Waals surface area contributed by atoms with Crippen molar-refractivity contribution in [2.45, 2.75) is 200 Å². The van der Waals surface area contributed by atoms with Crippen LogP contribution < -0.4 is 5.73 Å². The third-order valence-electron chi connectivity index (χ3n) is 11.5. The van der Waals surface area contributed by atoms with Crippen LogP contribution in [0.15, 0.2) is 194 Å². The lowest BCUT2D eigenvalue weighted by atomic mass is 10.1. The average molecular weight is 1110 g/mol. The smallest absolute Gasteiger partial charge is 0.462 e. The maximum atomic E-state index is 12.7. The first-order valence-electron chi connectivity index (χ1n) is 29.9. The fourth-order valence-electron chi connectivity index (χ4n) is 7.14. The third-order valence-corrected chi connectivity index (χ3v) is 12.5. The summed E-state index contributed by atoms with van der Waals surface area (Å²) in [5.74, 6) is -0.929. The summed E-state index contributed by atoms with van der Waals surface area (Å²) in [6.07, 6.45) is 94.9. The van der Waals surface area contributed by atoms with Crippen LogP contribution in [0.5, 0.6) is 0 Å². The van der Waals surface area contributed by atoms with E-state index in [0.29, 0.717) is 19.3 Å². The van der Waals surface area contributed by atoms with Crippen molar-refractivity contribution in [1.82, 2.24) is 0 Å². The molecule has 2 unspecified atom stereocenters. The van der Waals surface area contributed by atoms with Crippen LogP contribution in [-0.2, 0) is 32.7 Å². The topological polar surface area (TPSA) is 134 Å². The number of rotatable bonds is 53. The van der Waals surface area contributed by atoms with Crippen molar-refractivity contribution in [2.75, 3.05) is 26.4 Å². The fourth-order valence-corrected chi connectivity index (χ4v) is 7.91. The number of hydrogen-bond acceptors (Lipinski definition) is 8. The van der Waals surface area contributed by atoms with E-state index in [4.69, 9.17) is 24.3 Å². The van der Waals surface area contributed by atoms with Crippen molar-refractivity contribution in [1.29, 1.82) is 0 Å². The largest absolute Gasteiger partial charge is 0.472 e. The summed E-state index contributed by atoms with van der Waals surface area (Å²) < 4.78 is 33.0. The van der Waals surface area contributed by atoms with Gasteiger partial charge in [-0.05, 0) is 135 Å². The molecule has 10 heteroatoms. The Bertz CT molecular complexity index is 1990. The van der Waals surface area contributed by atoms with E-state index >= 15 is 0 Å². The molecule has 0 spiro atoms. The highest BCUT2D eigenvalue weighted by Crippen LogP contribution is 2.43. The van der Waals surface area contributed by atoms with Crippen molar-refractivity contribution < 1.29 is 37.6 Å². The van der Waals surface area contributed by atoms with Gasteiger partial charge in [0.2, 0.25) is 0 Å². The number of carbonyl (C=O) groups excluding carboxylic acids is 2. The predicted molar refractivity (Wildman–Crippen MR) is 338 cm³/mol. The Kier molecular flexibility index (Phi) is 58.0. The number of phosphoric ester groups is 1. The molecule has 0 rings (SSSR count). The molecule has 0 fully saturated rings. The summed E-state index contributed by atoms with van der Waals surface area (Å²) in [7, 11) is -4.42. The Morgan fingerprint density at radius 1 is 0.380 bits per heavy atom.